The molecular formula is C16H19NO2. The van der Waals surface area contributed by atoms with Gasteiger partial charge in [-0.3, -0.25) is 4.90 Å². The molecule has 1 aliphatic carbocycles. The molecule has 100 valence electrons. The minimum atomic E-state index is -0.414. The van der Waals surface area contributed by atoms with Crippen molar-refractivity contribution in [2.75, 3.05) is 6.54 Å². The van der Waals surface area contributed by atoms with Crippen LogP contribution in [-0.2, 0) is 11.3 Å². The predicted molar refractivity (Wildman–Crippen MR) is 74.4 cm³/mol. The van der Waals surface area contributed by atoms with Crippen LogP contribution in [0, 0.1) is 12.3 Å². The third kappa shape index (κ3) is 2.73. The Labute approximate surface area is 114 Å². The molecule has 0 N–H and O–H groups in total. The lowest BCUT2D eigenvalue weighted by atomic mass is 9.76. The summed E-state index contributed by atoms with van der Waals surface area (Å²) in [5.41, 5.74) is 0.568. The average Bonchev–Trinajstić information content (AvgIpc) is 2.41. The lowest BCUT2D eigenvalue weighted by Crippen LogP contribution is -2.55. The van der Waals surface area contributed by atoms with E-state index in [1.54, 1.807) is 4.90 Å². The first kappa shape index (κ1) is 13.5. The van der Waals surface area contributed by atoms with Crippen molar-refractivity contribution >= 4 is 6.09 Å². The van der Waals surface area contributed by atoms with Crippen molar-refractivity contribution in [3.05, 3.63) is 35.9 Å². The van der Waals surface area contributed by atoms with Crippen molar-refractivity contribution in [2.45, 2.75) is 38.3 Å². The van der Waals surface area contributed by atoms with E-state index >= 15 is 0 Å². The summed E-state index contributed by atoms with van der Waals surface area (Å²) in [4.78, 5) is 13.8. The van der Waals surface area contributed by atoms with Crippen LogP contribution in [0.25, 0.3) is 0 Å². The van der Waals surface area contributed by atoms with Crippen molar-refractivity contribution < 1.29 is 9.53 Å². The fourth-order valence-corrected chi connectivity index (χ4v) is 2.41. The molecule has 0 aromatic heterocycles. The monoisotopic (exact) mass is 257 g/mol. The van der Waals surface area contributed by atoms with E-state index in [1.807, 2.05) is 37.3 Å². The normalized spacial score (nSPS) is 16.0. The number of nitrogens with zero attached hydrogens (tertiary/aromatic N) is 1. The molecule has 1 aromatic carbocycles. The number of hydrogen-bond acceptors (Lipinski definition) is 2. The SMILES string of the molecule is C#CC1(N(CC)C(=O)OCc2ccccc2)CCC1. The highest BCUT2D eigenvalue weighted by Crippen LogP contribution is 2.37. The molecule has 1 aromatic rings. The molecule has 0 atom stereocenters. The van der Waals surface area contributed by atoms with Gasteiger partial charge in [0.2, 0.25) is 0 Å². The molecule has 0 aliphatic heterocycles. The van der Waals surface area contributed by atoms with E-state index in [0.717, 1.165) is 24.8 Å². The van der Waals surface area contributed by atoms with Crippen LogP contribution >= 0.6 is 0 Å². The van der Waals surface area contributed by atoms with Crippen LogP contribution in [0.3, 0.4) is 0 Å². The fraction of sp³-hybridized carbons (Fsp3) is 0.438. The first-order valence-electron chi connectivity index (χ1n) is 6.68. The zero-order chi connectivity index (χ0) is 13.7. The Balaban J connectivity index is 1.96. The number of terminal acetylenes is 1. The summed E-state index contributed by atoms with van der Waals surface area (Å²) in [6.45, 7) is 2.80. The number of ether oxygens (including phenoxy) is 1. The number of amides is 1. The Morgan fingerprint density at radius 2 is 2.11 bits per heavy atom. The molecule has 0 saturated heterocycles. The van der Waals surface area contributed by atoms with Gasteiger partial charge in [0.25, 0.3) is 0 Å². The molecule has 2 rings (SSSR count). The van der Waals surface area contributed by atoms with Gasteiger partial charge in [-0.15, -0.1) is 6.42 Å². The summed E-state index contributed by atoms with van der Waals surface area (Å²) < 4.78 is 5.36. The van der Waals surface area contributed by atoms with Crippen LogP contribution in [0.15, 0.2) is 30.3 Å². The Bertz CT molecular complexity index is 471. The molecular weight excluding hydrogens is 238 g/mol. The second-order valence-electron chi connectivity index (χ2n) is 4.81. The van der Waals surface area contributed by atoms with Crippen molar-refractivity contribution in [1.82, 2.24) is 4.90 Å². The number of benzene rings is 1. The molecule has 0 bridgehead atoms. The van der Waals surface area contributed by atoms with Gasteiger partial charge in [0.1, 0.15) is 12.1 Å². The lowest BCUT2D eigenvalue weighted by molar-refractivity contribution is 0.0383. The van der Waals surface area contributed by atoms with Gasteiger partial charge in [0.05, 0.1) is 0 Å². The zero-order valence-electron chi connectivity index (χ0n) is 11.3. The van der Waals surface area contributed by atoms with E-state index in [1.165, 1.54) is 0 Å². The van der Waals surface area contributed by atoms with Crippen LogP contribution in [0.4, 0.5) is 4.79 Å². The molecule has 0 spiro atoms. The standard InChI is InChI=1S/C16H19NO2/c1-3-16(11-8-12-16)17(4-2)15(18)19-13-14-9-6-5-7-10-14/h1,5-7,9-10H,4,8,11-13H2,2H3. The molecule has 1 saturated carbocycles. The Kier molecular flexibility index (Phi) is 4.11. The quantitative estimate of drug-likeness (QED) is 0.775. The Hall–Kier alpha value is -1.95. The summed E-state index contributed by atoms with van der Waals surface area (Å²) in [5.74, 6) is 2.77. The summed E-state index contributed by atoms with van der Waals surface area (Å²) >= 11 is 0. The Morgan fingerprint density at radius 3 is 2.58 bits per heavy atom. The van der Waals surface area contributed by atoms with Gasteiger partial charge in [0.15, 0.2) is 0 Å². The first-order chi connectivity index (χ1) is 9.22. The third-order valence-corrected chi connectivity index (χ3v) is 3.71. The van der Waals surface area contributed by atoms with Crippen molar-refractivity contribution in [3.8, 4) is 12.3 Å². The van der Waals surface area contributed by atoms with Gasteiger partial charge in [-0.25, -0.2) is 4.79 Å². The third-order valence-electron chi connectivity index (χ3n) is 3.71. The smallest absolute Gasteiger partial charge is 0.411 e. The van der Waals surface area contributed by atoms with E-state index < -0.39 is 5.54 Å². The van der Waals surface area contributed by atoms with E-state index in [2.05, 4.69) is 5.92 Å². The summed E-state index contributed by atoms with van der Waals surface area (Å²) in [5, 5.41) is 0. The number of hydrogen-bond donors (Lipinski definition) is 0. The van der Waals surface area contributed by atoms with E-state index in [4.69, 9.17) is 11.2 Å². The first-order valence-corrected chi connectivity index (χ1v) is 6.68. The van der Waals surface area contributed by atoms with Crippen LogP contribution in [-0.4, -0.2) is 23.1 Å². The van der Waals surface area contributed by atoms with Crippen LogP contribution < -0.4 is 0 Å². The van der Waals surface area contributed by atoms with Gasteiger partial charge in [-0.1, -0.05) is 36.3 Å². The minimum absolute atomic E-state index is 0.289. The van der Waals surface area contributed by atoms with Crippen LogP contribution in [0.1, 0.15) is 31.7 Å². The second-order valence-corrected chi connectivity index (χ2v) is 4.81. The van der Waals surface area contributed by atoms with Gasteiger partial charge < -0.3 is 4.74 Å². The molecule has 19 heavy (non-hydrogen) atoms. The number of carbonyl (C=O) groups excluding carboxylic acids is 1. The maximum Gasteiger partial charge on any atom is 0.411 e. The molecule has 1 aliphatic rings. The van der Waals surface area contributed by atoms with Crippen molar-refractivity contribution in [2.24, 2.45) is 0 Å². The zero-order valence-corrected chi connectivity index (χ0v) is 11.3. The maximum atomic E-state index is 12.2. The van der Waals surface area contributed by atoms with Gasteiger partial charge in [-0.2, -0.15) is 0 Å². The predicted octanol–water partition coefficient (Wildman–Crippen LogP) is 3.20. The minimum Gasteiger partial charge on any atom is -0.445 e. The van der Waals surface area contributed by atoms with Gasteiger partial charge in [-0.05, 0) is 31.7 Å². The maximum absolute atomic E-state index is 12.2. The fourth-order valence-electron chi connectivity index (χ4n) is 2.41. The van der Waals surface area contributed by atoms with Gasteiger partial charge in [0, 0.05) is 6.54 Å². The molecule has 1 amide bonds. The number of carbonyl (C=O) groups is 1. The van der Waals surface area contributed by atoms with Crippen LogP contribution in [0.2, 0.25) is 0 Å². The number of rotatable bonds is 4. The highest BCUT2D eigenvalue weighted by molar-refractivity contribution is 5.70. The average molecular weight is 257 g/mol. The Morgan fingerprint density at radius 1 is 1.42 bits per heavy atom. The molecule has 1 fully saturated rings. The topological polar surface area (TPSA) is 29.5 Å². The molecule has 0 radical (unpaired) electrons. The van der Waals surface area contributed by atoms with Gasteiger partial charge >= 0.3 is 6.09 Å². The second kappa shape index (κ2) is 5.79. The van der Waals surface area contributed by atoms with Crippen molar-refractivity contribution in [3.63, 3.8) is 0 Å². The van der Waals surface area contributed by atoms with E-state index in [0.29, 0.717) is 6.54 Å². The summed E-state index contributed by atoms with van der Waals surface area (Å²) in [7, 11) is 0. The molecule has 3 nitrogen and oxygen atoms in total. The highest BCUT2D eigenvalue weighted by Gasteiger charge is 2.43. The van der Waals surface area contributed by atoms with Crippen LogP contribution in [0.5, 0.6) is 0 Å². The van der Waals surface area contributed by atoms with Crippen molar-refractivity contribution in [1.29, 1.82) is 0 Å². The summed E-state index contributed by atoms with van der Waals surface area (Å²) in [6.07, 6.45) is 8.10. The summed E-state index contributed by atoms with van der Waals surface area (Å²) in [6, 6.07) is 9.66. The molecule has 0 unspecified atom stereocenters. The van der Waals surface area contributed by atoms with E-state index in [9.17, 15) is 4.79 Å². The molecule has 3 heteroatoms. The largest absolute Gasteiger partial charge is 0.445 e. The lowest BCUT2D eigenvalue weighted by Gasteiger charge is -2.45. The molecule has 0 heterocycles. The van der Waals surface area contributed by atoms with E-state index in [-0.39, 0.29) is 12.7 Å². The highest BCUT2D eigenvalue weighted by atomic mass is 16.6.